The van der Waals surface area contributed by atoms with Crippen LogP contribution in [0, 0.1) is 0 Å². The molecule has 0 radical (unpaired) electrons. The number of rotatable bonds is 4. The highest BCUT2D eigenvalue weighted by molar-refractivity contribution is 8.26. The van der Waals surface area contributed by atoms with Crippen molar-refractivity contribution in [3.8, 4) is 11.3 Å². The second kappa shape index (κ2) is 7.56. The molecule has 1 atom stereocenters. The van der Waals surface area contributed by atoms with Gasteiger partial charge in [-0.2, -0.15) is 0 Å². The SMILES string of the molecule is O=C1/C(=C\c2ccc(-c3ccc(Cl)cc3)o2)SC(=S)N1C[C@H]1CCCO1. The number of benzene rings is 1. The Kier molecular flexibility index (Phi) is 5.18. The number of halogens is 1. The van der Waals surface area contributed by atoms with Gasteiger partial charge in [0.1, 0.15) is 15.8 Å². The molecule has 0 aliphatic carbocycles. The third kappa shape index (κ3) is 3.74. The van der Waals surface area contributed by atoms with Crippen LogP contribution in [0.5, 0.6) is 0 Å². The van der Waals surface area contributed by atoms with Gasteiger partial charge in [0.2, 0.25) is 0 Å². The van der Waals surface area contributed by atoms with E-state index < -0.39 is 0 Å². The summed E-state index contributed by atoms with van der Waals surface area (Å²) in [6.07, 6.45) is 3.83. The number of thiocarbonyl (C=S) groups is 1. The van der Waals surface area contributed by atoms with Gasteiger partial charge in [0, 0.05) is 23.3 Å². The van der Waals surface area contributed by atoms with Crippen LogP contribution >= 0.6 is 35.6 Å². The molecule has 2 saturated heterocycles. The van der Waals surface area contributed by atoms with Crippen LogP contribution in [0.3, 0.4) is 0 Å². The lowest BCUT2D eigenvalue weighted by Gasteiger charge is -2.18. The van der Waals surface area contributed by atoms with Gasteiger partial charge in [-0.1, -0.05) is 35.6 Å². The van der Waals surface area contributed by atoms with Crippen molar-refractivity contribution in [2.75, 3.05) is 13.2 Å². The van der Waals surface area contributed by atoms with E-state index in [-0.39, 0.29) is 12.0 Å². The van der Waals surface area contributed by atoms with E-state index in [4.69, 9.17) is 33.0 Å². The van der Waals surface area contributed by atoms with Gasteiger partial charge in [0.25, 0.3) is 5.91 Å². The molecule has 2 aromatic rings. The zero-order valence-electron chi connectivity index (χ0n) is 13.8. The summed E-state index contributed by atoms with van der Waals surface area (Å²) in [7, 11) is 0. The van der Waals surface area contributed by atoms with Crippen LogP contribution < -0.4 is 0 Å². The quantitative estimate of drug-likeness (QED) is 0.530. The number of carbonyl (C=O) groups excluding carboxylic acids is 1. The topological polar surface area (TPSA) is 42.7 Å². The number of thioether (sulfide) groups is 1. The highest BCUT2D eigenvalue weighted by atomic mass is 35.5. The second-order valence-electron chi connectivity index (χ2n) is 6.14. The van der Waals surface area contributed by atoms with Gasteiger partial charge in [-0.3, -0.25) is 9.69 Å². The molecule has 4 nitrogen and oxygen atoms in total. The maximum Gasteiger partial charge on any atom is 0.266 e. The number of carbonyl (C=O) groups is 1. The molecule has 2 aliphatic heterocycles. The zero-order chi connectivity index (χ0) is 18.1. The number of hydrogen-bond acceptors (Lipinski definition) is 5. The minimum atomic E-state index is -0.0834. The first-order valence-corrected chi connectivity index (χ1v) is 9.93. The van der Waals surface area contributed by atoms with Crippen LogP contribution in [-0.2, 0) is 9.53 Å². The van der Waals surface area contributed by atoms with Crippen molar-refractivity contribution in [2.24, 2.45) is 0 Å². The minimum Gasteiger partial charge on any atom is -0.457 e. The number of amides is 1. The monoisotopic (exact) mass is 405 g/mol. The third-order valence-corrected chi connectivity index (χ3v) is 5.94. The van der Waals surface area contributed by atoms with Crippen molar-refractivity contribution in [1.82, 2.24) is 4.90 Å². The van der Waals surface area contributed by atoms with Gasteiger partial charge in [0.05, 0.1) is 17.6 Å². The van der Waals surface area contributed by atoms with Crippen molar-refractivity contribution in [3.63, 3.8) is 0 Å². The number of hydrogen-bond donors (Lipinski definition) is 0. The van der Waals surface area contributed by atoms with Gasteiger partial charge in [-0.25, -0.2) is 0 Å². The van der Waals surface area contributed by atoms with E-state index >= 15 is 0 Å². The molecule has 1 amide bonds. The van der Waals surface area contributed by atoms with Gasteiger partial charge in [-0.05, 0) is 49.2 Å². The molecular formula is C19H16ClNO3S2. The van der Waals surface area contributed by atoms with Crippen molar-refractivity contribution >= 4 is 51.9 Å². The Morgan fingerprint density at radius 1 is 1.27 bits per heavy atom. The summed E-state index contributed by atoms with van der Waals surface area (Å²) in [6.45, 7) is 1.28. The minimum absolute atomic E-state index is 0.0805. The van der Waals surface area contributed by atoms with Crippen molar-refractivity contribution in [2.45, 2.75) is 18.9 Å². The smallest absolute Gasteiger partial charge is 0.266 e. The summed E-state index contributed by atoms with van der Waals surface area (Å²) in [5, 5.41) is 0.676. The number of furan rings is 1. The molecule has 134 valence electrons. The first kappa shape index (κ1) is 17.8. The van der Waals surface area contributed by atoms with Gasteiger partial charge < -0.3 is 9.15 Å². The molecule has 1 aromatic heterocycles. The molecule has 0 bridgehead atoms. The molecule has 7 heteroatoms. The van der Waals surface area contributed by atoms with Crippen molar-refractivity contribution in [1.29, 1.82) is 0 Å². The Bertz CT molecular complexity index is 869. The highest BCUT2D eigenvalue weighted by Crippen LogP contribution is 2.34. The number of nitrogens with zero attached hydrogens (tertiary/aromatic N) is 1. The van der Waals surface area contributed by atoms with Crippen LogP contribution in [-0.4, -0.2) is 34.4 Å². The van der Waals surface area contributed by atoms with E-state index in [2.05, 4.69) is 0 Å². The molecule has 3 heterocycles. The van der Waals surface area contributed by atoms with Crippen LogP contribution in [0.4, 0.5) is 0 Å². The predicted molar refractivity (Wildman–Crippen MR) is 108 cm³/mol. The molecule has 0 unspecified atom stereocenters. The Morgan fingerprint density at radius 2 is 2.08 bits per heavy atom. The maximum atomic E-state index is 12.7. The summed E-state index contributed by atoms with van der Waals surface area (Å²) >= 11 is 12.6. The van der Waals surface area contributed by atoms with Gasteiger partial charge in [-0.15, -0.1) is 0 Å². The van der Waals surface area contributed by atoms with E-state index in [9.17, 15) is 4.79 Å². The van der Waals surface area contributed by atoms with Gasteiger partial charge in [0.15, 0.2) is 0 Å². The predicted octanol–water partition coefficient (Wildman–Crippen LogP) is 4.98. The van der Waals surface area contributed by atoms with Crippen molar-refractivity contribution in [3.05, 3.63) is 52.1 Å². The second-order valence-corrected chi connectivity index (χ2v) is 8.25. The molecule has 0 saturated carbocycles. The summed E-state index contributed by atoms with van der Waals surface area (Å²) < 4.78 is 12.0. The standard InChI is InChI=1S/C19H16ClNO3S2/c20-13-5-3-12(4-6-13)16-8-7-14(24-16)10-17-18(22)21(19(25)26-17)11-15-2-1-9-23-15/h3-8,10,15H,1-2,9,11H2/b17-10+/t15-/m1/s1. The average Bonchev–Trinajstić information content (AvgIpc) is 3.35. The Morgan fingerprint density at radius 3 is 2.81 bits per heavy atom. The van der Waals surface area contributed by atoms with E-state index in [0.29, 0.717) is 26.6 Å². The fourth-order valence-corrected chi connectivity index (χ4v) is 4.36. The highest BCUT2D eigenvalue weighted by Gasteiger charge is 2.34. The summed E-state index contributed by atoms with van der Waals surface area (Å²) in [5.41, 5.74) is 0.931. The molecule has 0 spiro atoms. The summed E-state index contributed by atoms with van der Waals surface area (Å²) in [4.78, 5) is 14.9. The molecule has 4 rings (SSSR count). The fraction of sp³-hybridized carbons (Fsp3) is 0.263. The van der Waals surface area contributed by atoms with Gasteiger partial charge >= 0.3 is 0 Å². The lowest BCUT2D eigenvalue weighted by Crippen LogP contribution is -2.35. The molecule has 2 aliphatic rings. The molecule has 2 fully saturated rings. The average molecular weight is 406 g/mol. The zero-order valence-corrected chi connectivity index (χ0v) is 16.2. The van der Waals surface area contributed by atoms with E-state index in [1.807, 2.05) is 36.4 Å². The first-order chi connectivity index (χ1) is 12.6. The largest absolute Gasteiger partial charge is 0.457 e. The first-order valence-electron chi connectivity index (χ1n) is 8.33. The third-order valence-electron chi connectivity index (χ3n) is 4.31. The van der Waals surface area contributed by atoms with E-state index in [1.54, 1.807) is 11.0 Å². The summed E-state index contributed by atoms with van der Waals surface area (Å²) in [6, 6.07) is 11.1. The summed E-state index contributed by atoms with van der Waals surface area (Å²) in [5.74, 6) is 1.26. The molecular weight excluding hydrogens is 390 g/mol. The van der Waals surface area contributed by atoms with Crippen LogP contribution in [0.2, 0.25) is 5.02 Å². The van der Waals surface area contributed by atoms with E-state index in [0.717, 1.165) is 30.8 Å². The maximum absolute atomic E-state index is 12.7. The molecule has 1 aromatic carbocycles. The fourth-order valence-electron chi connectivity index (χ4n) is 2.98. The normalized spacial score (nSPS) is 22.0. The van der Waals surface area contributed by atoms with Crippen LogP contribution in [0.1, 0.15) is 18.6 Å². The van der Waals surface area contributed by atoms with E-state index in [1.165, 1.54) is 11.8 Å². The lowest BCUT2D eigenvalue weighted by atomic mass is 10.2. The van der Waals surface area contributed by atoms with Crippen molar-refractivity contribution < 1.29 is 13.9 Å². The molecule has 26 heavy (non-hydrogen) atoms. The Balaban J connectivity index is 1.50. The lowest BCUT2D eigenvalue weighted by molar-refractivity contribution is -0.123. The van der Waals surface area contributed by atoms with Crippen LogP contribution in [0.25, 0.3) is 17.4 Å². The number of ether oxygens (including phenoxy) is 1. The molecule has 0 N–H and O–H groups in total. The Labute approximate surface area is 166 Å². The van der Waals surface area contributed by atoms with Crippen LogP contribution in [0.15, 0.2) is 45.7 Å². The Hall–Kier alpha value is -1.60.